The molecule has 1 aliphatic rings. The topological polar surface area (TPSA) is 44.7 Å². The summed E-state index contributed by atoms with van der Waals surface area (Å²) in [7, 11) is 1.83. The third-order valence-electron chi connectivity index (χ3n) is 3.09. The van der Waals surface area contributed by atoms with Crippen LogP contribution in [0, 0.1) is 5.92 Å². The second kappa shape index (κ2) is 5.80. The highest BCUT2D eigenvalue weighted by Gasteiger charge is 2.30. The van der Waals surface area contributed by atoms with Gasteiger partial charge in [0.05, 0.1) is 6.04 Å². The van der Waals surface area contributed by atoms with Crippen LogP contribution in [0.4, 0.5) is 0 Å². The molecule has 1 amide bonds. The molecule has 1 saturated heterocycles. The fourth-order valence-electron chi connectivity index (χ4n) is 2.07. The Morgan fingerprint density at radius 2 is 2.38 bits per heavy atom. The maximum atomic E-state index is 12.2. The Balaban J connectivity index is 2.91. The highest BCUT2D eigenvalue weighted by atomic mass is 16.2. The summed E-state index contributed by atoms with van der Waals surface area (Å²) < 4.78 is 0. The van der Waals surface area contributed by atoms with Crippen LogP contribution in [0.5, 0.6) is 0 Å². The summed E-state index contributed by atoms with van der Waals surface area (Å²) in [5.74, 6) is 1.32. The fraction of sp³-hybridized carbons (Fsp3) is 0.667. The van der Waals surface area contributed by atoms with Gasteiger partial charge in [0.15, 0.2) is 0 Å². The van der Waals surface area contributed by atoms with Crippen molar-refractivity contribution in [1.29, 1.82) is 0 Å². The molecule has 0 radical (unpaired) electrons. The van der Waals surface area contributed by atoms with E-state index in [1.807, 2.05) is 20.0 Å². The number of carbonyl (C=O) groups excluding carboxylic acids is 1. The van der Waals surface area contributed by atoms with Gasteiger partial charge in [0.25, 0.3) is 0 Å². The lowest BCUT2D eigenvalue weighted by Crippen LogP contribution is -2.43. The van der Waals surface area contributed by atoms with Crippen molar-refractivity contribution in [3.8, 4) is 0 Å². The lowest BCUT2D eigenvalue weighted by atomic mass is 10.0. The fourth-order valence-corrected chi connectivity index (χ4v) is 2.07. The highest BCUT2D eigenvalue weighted by molar-refractivity contribution is 5.83. The van der Waals surface area contributed by atoms with Gasteiger partial charge in [-0.2, -0.15) is 0 Å². The number of rotatable bonds is 3. The number of carbonyl (C=O) groups is 1. The number of nitrogens with one attached hydrogen (secondary N) is 1. The highest BCUT2D eigenvalue weighted by Crippen LogP contribution is 2.21. The van der Waals surface area contributed by atoms with E-state index in [-0.39, 0.29) is 11.9 Å². The normalized spacial score (nSPS) is 27.8. The van der Waals surface area contributed by atoms with Gasteiger partial charge in [-0.25, -0.2) is 4.99 Å². The number of hydrogen-bond donors (Lipinski definition) is 1. The maximum absolute atomic E-state index is 12.2. The van der Waals surface area contributed by atoms with Crippen molar-refractivity contribution in [3.05, 3.63) is 11.9 Å². The predicted octanol–water partition coefficient (Wildman–Crippen LogP) is 1.39. The first-order valence-electron chi connectivity index (χ1n) is 5.75. The van der Waals surface area contributed by atoms with E-state index < -0.39 is 0 Å². The first kappa shape index (κ1) is 12.9. The lowest BCUT2D eigenvalue weighted by Gasteiger charge is -2.23. The van der Waals surface area contributed by atoms with Crippen LogP contribution in [-0.4, -0.2) is 37.2 Å². The summed E-state index contributed by atoms with van der Waals surface area (Å²) in [6.07, 6.45) is 3.73. The van der Waals surface area contributed by atoms with Crippen LogP contribution >= 0.6 is 0 Å². The number of hydrogen-bond acceptors (Lipinski definition) is 3. The molecule has 0 saturated carbocycles. The molecule has 0 bridgehead atoms. The van der Waals surface area contributed by atoms with Gasteiger partial charge in [-0.1, -0.05) is 6.92 Å². The summed E-state index contributed by atoms with van der Waals surface area (Å²) in [5.41, 5.74) is 0. The standard InChI is InChI=1S/C12H21N3O/c1-5-11(14-4)15-7-6-9(2)8-10(13-3)12(15)16/h5,9-10,13H,4,6-8H2,1-3H3/b11-5+. The molecule has 4 heteroatoms. The number of nitrogens with zero attached hydrogens (tertiary/aromatic N) is 2. The number of likely N-dealkylation sites (tertiary alicyclic amines) is 1. The predicted molar refractivity (Wildman–Crippen MR) is 66.3 cm³/mol. The second-order valence-corrected chi connectivity index (χ2v) is 4.27. The van der Waals surface area contributed by atoms with Crippen LogP contribution in [0.15, 0.2) is 16.9 Å². The second-order valence-electron chi connectivity index (χ2n) is 4.27. The van der Waals surface area contributed by atoms with E-state index in [9.17, 15) is 4.79 Å². The molecule has 1 rings (SSSR count). The number of amides is 1. The van der Waals surface area contributed by atoms with Gasteiger partial charge >= 0.3 is 0 Å². The van der Waals surface area contributed by atoms with Crippen LogP contribution < -0.4 is 5.32 Å². The minimum absolute atomic E-state index is 0.103. The van der Waals surface area contributed by atoms with Gasteiger partial charge in [0.1, 0.15) is 5.82 Å². The Bertz CT molecular complexity index is 299. The van der Waals surface area contributed by atoms with Gasteiger partial charge in [-0.15, -0.1) is 0 Å². The number of allylic oxidation sites excluding steroid dienone is 1. The zero-order valence-corrected chi connectivity index (χ0v) is 10.4. The summed E-state index contributed by atoms with van der Waals surface area (Å²) >= 11 is 0. The van der Waals surface area contributed by atoms with Gasteiger partial charge in [-0.05, 0) is 45.5 Å². The van der Waals surface area contributed by atoms with Crippen LogP contribution in [0.1, 0.15) is 26.7 Å². The van der Waals surface area contributed by atoms with Crippen molar-refractivity contribution in [2.75, 3.05) is 13.6 Å². The molecule has 0 spiro atoms. The Morgan fingerprint density at radius 3 is 2.88 bits per heavy atom. The van der Waals surface area contributed by atoms with E-state index in [2.05, 4.69) is 24.0 Å². The molecule has 4 nitrogen and oxygen atoms in total. The molecule has 16 heavy (non-hydrogen) atoms. The lowest BCUT2D eigenvalue weighted by molar-refractivity contribution is -0.130. The number of aliphatic imine (C=N–C) groups is 1. The zero-order chi connectivity index (χ0) is 12.1. The Kier molecular flexibility index (Phi) is 4.68. The van der Waals surface area contributed by atoms with Crippen LogP contribution in [0.25, 0.3) is 0 Å². The quantitative estimate of drug-likeness (QED) is 0.735. The van der Waals surface area contributed by atoms with Gasteiger partial charge < -0.3 is 5.32 Å². The first-order chi connectivity index (χ1) is 7.63. The summed E-state index contributed by atoms with van der Waals surface area (Å²) in [4.78, 5) is 17.9. The van der Waals surface area contributed by atoms with Crippen molar-refractivity contribution in [2.24, 2.45) is 10.9 Å². The SMILES string of the molecule is C=N/C(=C\C)N1CCC(C)CC(NC)C1=O. The summed E-state index contributed by atoms with van der Waals surface area (Å²) in [6, 6.07) is -0.103. The van der Waals surface area contributed by atoms with Crippen molar-refractivity contribution in [2.45, 2.75) is 32.7 Å². The minimum atomic E-state index is -0.103. The number of likely N-dealkylation sites (N-methyl/N-ethyl adjacent to an activating group) is 1. The maximum Gasteiger partial charge on any atom is 0.245 e. The molecule has 0 aliphatic carbocycles. The third kappa shape index (κ3) is 2.70. The van der Waals surface area contributed by atoms with Crippen LogP contribution in [-0.2, 0) is 4.79 Å². The van der Waals surface area contributed by atoms with E-state index in [1.54, 1.807) is 4.90 Å². The largest absolute Gasteiger partial charge is 0.309 e. The molecule has 0 aromatic heterocycles. The molecule has 2 atom stereocenters. The smallest absolute Gasteiger partial charge is 0.245 e. The van der Waals surface area contributed by atoms with E-state index in [0.29, 0.717) is 11.7 Å². The Morgan fingerprint density at radius 1 is 1.69 bits per heavy atom. The zero-order valence-electron chi connectivity index (χ0n) is 10.4. The van der Waals surface area contributed by atoms with E-state index in [0.717, 1.165) is 19.4 Å². The molecule has 0 aromatic carbocycles. The molecule has 1 aliphatic heterocycles. The Labute approximate surface area is 97.4 Å². The molecule has 1 N–H and O–H groups in total. The van der Waals surface area contributed by atoms with E-state index >= 15 is 0 Å². The molecule has 90 valence electrons. The monoisotopic (exact) mass is 223 g/mol. The average Bonchev–Trinajstić information content (AvgIpc) is 2.43. The van der Waals surface area contributed by atoms with E-state index in [1.165, 1.54) is 0 Å². The van der Waals surface area contributed by atoms with Gasteiger partial charge in [-0.3, -0.25) is 9.69 Å². The molecular weight excluding hydrogens is 202 g/mol. The van der Waals surface area contributed by atoms with Gasteiger partial charge in [0, 0.05) is 6.54 Å². The molecular formula is C12H21N3O. The molecule has 1 fully saturated rings. The summed E-state index contributed by atoms with van der Waals surface area (Å²) in [5, 5.41) is 3.08. The molecule has 0 aromatic rings. The van der Waals surface area contributed by atoms with Gasteiger partial charge in [0.2, 0.25) is 5.91 Å². The van der Waals surface area contributed by atoms with E-state index in [4.69, 9.17) is 0 Å². The summed E-state index contributed by atoms with van der Waals surface area (Å²) in [6.45, 7) is 8.30. The first-order valence-corrected chi connectivity index (χ1v) is 5.75. The van der Waals surface area contributed by atoms with Crippen LogP contribution in [0.2, 0.25) is 0 Å². The van der Waals surface area contributed by atoms with Crippen molar-refractivity contribution < 1.29 is 4.79 Å². The minimum Gasteiger partial charge on any atom is -0.309 e. The Hall–Kier alpha value is -1.16. The molecule has 2 unspecified atom stereocenters. The van der Waals surface area contributed by atoms with Crippen molar-refractivity contribution in [3.63, 3.8) is 0 Å². The van der Waals surface area contributed by atoms with Crippen molar-refractivity contribution in [1.82, 2.24) is 10.2 Å². The third-order valence-corrected chi connectivity index (χ3v) is 3.09. The average molecular weight is 223 g/mol. The van der Waals surface area contributed by atoms with Crippen LogP contribution in [0.3, 0.4) is 0 Å². The van der Waals surface area contributed by atoms with Crippen molar-refractivity contribution >= 4 is 12.6 Å². The molecule has 1 heterocycles.